The lowest BCUT2D eigenvalue weighted by molar-refractivity contribution is -0.126. The molecular weight excluding hydrogens is 458 g/mol. The number of nitrogens with one attached hydrogen (secondary N) is 2. The minimum atomic E-state index is -0.464. The van der Waals surface area contributed by atoms with E-state index >= 15 is 0 Å². The molecule has 3 aromatic carbocycles. The molecule has 0 aliphatic carbocycles. The van der Waals surface area contributed by atoms with Crippen LogP contribution >= 0.6 is 0 Å². The highest BCUT2D eigenvalue weighted by molar-refractivity contribution is 6.04. The first kappa shape index (κ1) is 23.4. The summed E-state index contributed by atoms with van der Waals surface area (Å²) in [5.41, 5.74) is 2.75. The summed E-state index contributed by atoms with van der Waals surface area (Å²) in [4.78, 5) is 39.8. The molecule has 5 rings (SSSR count). The lowest BCUT2D eigenvalue weighted by atomic mass is 10.0. The lowest BCUT2D eigenvalue weighted by Crippen LogP contribution is -2.34. The fourth-order valence-corrected chi connectivity index (χ4v) is 4.43. The number of amides is 3. The fraction of sp³-hybridized carbons (Fsp3) is 0.250. The zero-order valence-corrected chi connectivity index (χ0v) is 19.9. The Kier molecular flexibility index (Phi) is 6.58. The molecular formula is C28H27N3O5. The van der Waals surface area contributed by atoms with E-state index in [1.807, 2.05) is 49.4 Å². The molecule has 8 heteroatoms. The first-order valence-electron chi connectivity index (χ1n) is 11.9. The average molecular weight is 486 g/mol. The van der Waals surface area contributed by atoms with E-state index in [2.05, 4.69) is 10.6 Å². The van der Waals surface area contributed by atoms with E-state index in [0.29, 0.717) is 48.2 Å². The minimum Gasteiger partial charge on any atom is -0.486 e. The molecule has 0 bridgehead atoms. The van der Waals surface area contributed by atoms with Gasteiger partial charge >= 0.3 is 0 Å². The normalized spacial score (nSPS) is 17.4. The molecule has 2 heterocycles. The van der Waals surface area contributed by atoms with Gasteiger partial charge in [-0.2, -0.15) is 0 Å². The highest BCUT2D eigenvalue weighted by Crippen LogP contribution is 2.36. The molecule has 1 saturated heterocycles. The molecule has 0 saturated carbocycles. The van der Waals surface area contributed by atoms with Crippen molar-refractivity contribution in [1.82, 2.24) is 5.32 Å². The van der Waals surface area contributed by atoms with Gasteiger partial charge in [-0.1, -0.05) is 30.3 Å². The van der Waals surface area contributed by atoms with Crippen LogP contribution in [-0.4, -0.2) is 37.5 Å². The van der Waals surface area contributed by atoms with Crippen molar-refractivity contribution < 1.29 is 23.9 Å². The van der Waals surface area contributed by atoms with E-state index in [1.165, 1.54) is 0 Å². The van der Waals surface area contributed by atoms with Crippen molar-refractivity contribution in [2.75, 3.05) is 30.0 Å². The highest BCUT2D eigenvalue weighted by Gasteiger charge is 2.36. The number of hydrogen-bond donors (Lipinski definition) is 2. The maximum absolute atomic E-state index is 13.0. The van der Waals surface area contributed by atoms with Gasteiger partial charge in [-0.15, -0.1) is 0 Å². The SMILES string of the molecule is CC(NC(=O)C1CC(=O)N(c2ccc3c(c2)OCCO3)C1)c1cccc(NC(=O)c2ccccc2)c1. The van der Waals surface area contributed by atoms with Gasteiger partial charge in [0.1, 0.15) is 13.2 Å². The zero-order valence-electron chi connectivity index (χ0n) is 19.9. The van der Waals surface area contributed by atoms with Crippen LogP contribution in [0.4, 0.5) is 11.4 Å². The molecule has 0 aromatic heterocycles. The Morgan fingerprint density at radius 3 is 2.53 bits per heavy atom. The summed E-state index contributed by atoms with van der Waals surface area (Å²) in [6.07, 6.45) is 0.139. The summed E-state index contributed by atoms with van der Waals surface area (Å²) in [6, 6.07) is 21.4. The molecule has 0 spiro atoms. The summed E-state index contributed by atoms with van der Waals surface area (Å²) < 4.78 is 11.2. The van der Waals surface area contributed by atoms with Crippen LogP contribution in [0.2, 0.25) is 0 Å². The highest BCUT2D eigenvalue weighted by atomic mass is 16.6. The van der Waals surface area contributed by atoms with Crippen molar-refractivity contribution in [2.24, 2.45) is 5.92 Å². The number of rotatable bonds is 6. The van der Waals surface area contributed by atoms with Crippen LogP contribution in [0.15, 0.2) is 72.8 Å². The maximum Gasteiger partial charge on any atom is 0.255 e. The van der Waals surface area contributed by atoms with Crippen molar-refractivity contribution in [3.8, 4) is 11.5 Å². The van der Waals surface area contributed by atoms with Gasteiger partial charge in [0, 0.05) is 36.0 Å². The van der Waals surface area contributed by atoms with Crippen molar-refractivity contribution in [3.63, 3.8) is 0 Å². The van der Waals surface area contributed by atoms with Crippen molar-refractivity contribution in [1.29, 1.82) is 0 Å². The largest absolute Gasteiger partial charge is 0.486 e. The Hall–Kier alpha value is -4.33. The van der Waals surface area contributed by atoms with Gasteiger partial charge in [0.15, 0.2) is 11.5 Å². The number of nitrogens with zero attached hydrogens (tertiary/aromatic N) is 1. The molecule has 2 aliphatic heterocycles. The fourth-order valence-electron chi connectivity index (χ4n) is 4.43. The Labute approximate surface area is 209 Å². The molecule has 2 unspecified atom stereocenters. The van der Waals surface area contributed by atoms with Gasteiger partial charge in [-0.25, -0.2) is 0 Å². The van der Waals surface area contributed by atoms with E-state index in [-0.39, 0.29) is 30.2 Å². The predicted octanol–water partition coefficient (Wildman–Crippen LogP) is 3.94. The number of ether oxygens (including phenoxy) is 2. The maximum atomic E-state index is 13.0. The monoisotopic (exact) mass is 485 g/mol. The smallest absolute Gasteiger partial charge is 0.255 e. The molecule has 3 amide bonds. The second-order valence-corrected chi connectivity index (χ2v) is 8.91. The first-order chi connectivity index (χ1) is 17.5. The number of carbonyl (C=O) groups is 3. The summed E-state index contributed by atoms with van der Waals surface area (Å²) in [5.74, 6) is 0.302. The van der Waals surface area contributed by atoms with Gasteiger partial charge in [0.25, 0.3) is 5.91 Å². The van der Waals surface area contributed by atoms with Crippen LogP contribution in [0.25, 0.3) is 0 Å². The molecule has 0 radical (unpaired) electrons. The Morgan fingerprint density at radius 1 is 0.944 bits per heavy atom. The van der Waals surface area contributed by atoms with Crippen LogP contribution in [-0.2, 0) is 9.59 Å². The van der Waals surface area contributed by atoms with Crippen LogP contribution in [0, 0.1) is 5.92 Å². The summed E-state index contributed by atoms with van der Waals surface area (Å²) in [5, 5.41) is 5.91. The summed E-state index contributed by atoms with van der Waals surface area (Å²) >= 11 is 0. The third kappa shape index (κ3) is 5.02. The predicted molar refractivity (Wildman–Crippen MR) is 135 cm³/mol. The van der Waals surface area contributed by atoms with Crippen molar-refractivity contribution >= 4 is 29.1 Å². The van der Waals surface area contributed by atoms with Gasteiger partial charge in [-0.05, 0) is 48.9 Å². The molecule has 2 N–H and O–H groups in total. The second-order valence-electron chi connectivity index (χ2n) is 8.91. The molecule has 36 heavy (non-hydrogen) atoms. The molecule has 184 valence electrons. The Morgan fingerprint density at radius 2 is 1.72 bits per heavy atom. The summed E-state index contributed by atoms with van der Waals surface area (Å²) in [7, 11) is 0. The third-order valence-electron chi connectivity index (χ3n) is 6.37. The van der Waals surface area contributed by atoms with E-state index in [9.17, 15) is 14.4 Å². The average Bonchev–Trinajstić information content (AvgIpc) is 3.30. The number of hydrogen-bond acceptors (Lipinski definition) is 5. The quantitative estimate of drug-likeness (QED) is 0.551. The molecule has 3 aromatic rings. The van der Waals surface area contributed by atoms with Gasteiger partial charge < -0.3 is 25.0 Å². The lowest BCUT2D eigenvalue weighted by Gasteiger charge is -2.22. The van der Waals surface area contributed by atoms with E-state index in [0.717, 1.165) is 5.56 Å². The molecule has 2 atom stereocenters. The van der Waals surface area contributed by atoms with Crippen LogP contribution in [0.3, 0.4) is 0 Å². The van der Waals surface area contributed by atoms with E-state index in [1.54, 1.807) is 35.2 Å². The Balaban J connectivity index is 1.21. The molecule has 8 nitrogen and oxygen atoms in total. The van der Waals surface area contributed by atoms with Crippen molar-refractivity contribution in [3.05, 3.63) is 83.9 Å². The summed E-state index contributed by atoms with van der Waals surface area (Å²) in [6.45, 7) is 3.14. The van der Waals surface area contributed by atoms with E-state index < -0.39 is 5.92 Å². The van der Waals surface area contributed by atoms with Gasteiger partial charge in [-0.3, -0.25) is 14.4 Å². The standard InChI is InChI=1S/C28H27N3O5/c1-18(20-8-5-9-22(14-20)30-27(33)19-6-3-2-4-7-19)29-28(34)21-15-26(32)31(17-21)23-10-11-24-25(16-23)36-13-12-35-24/h2-11,14,16,18,21H,12-13,15,17H2,1H3,(H,29,34)(H,30,33). The first-order valence-corrected chi connectivity index (χ1v) is 11.9. The second kappa shape index (κ2) is 10.1. The van der Waals surface area contributed by atoms with Crippen molar-refractivity contribution in [2.45, 2.75) is 19.4 Å². The third-order valence-corrected chi connectivity index (χ3v) is 6.37. The van der Waals surface area contributed by atoms with Gasteiger partial charge in [0.2, 0.25) is 11.8 Å². The van der Waals surface area contributed by atoms with Gasteiger partial charge in [0.05, 0.1) is 12.0 Å². The topological polar surface area (TPSA) is 97.0 Å². The number of fused-ring (bicyclic) bond motifs is 1. The minimum absolute atomic E-state index is 0.106. The molecule has 2 aliphatic rings. The van der Waals surface area contributed by atoms with E-state index in [4.69, 9.17) is 9.47 Å². The Bertz CT molecular complexity index is 1290. The number of benzene rings is 3. The number of anilines is 2. The van der Waals surface area contributed by atoms with Crippen LogP contribution in [0.1, 0.15) is 35.3 Å². The number of carbonyl (C=O) groups excluding carboxylic acids is 3. The van der Waals surface area contributed by atoms with Crippen LogP contribution in [0.5, 0.6) is 11.5 Å². The van der Waals surface area contributed by atoms with Crippen LogP contribution < -0.4 is 25.0 Å². The molecule has 1 fully saturated rings. The zero-order chi connectivity index (χ0) is 25.1.